The molecule has 1 unspecified atom stereocenters. The second-order valence-electron chi connectivity index (χ2n) is 5.89. The molecule has 1 rings (SSSR count). The number of aliphatic hydroxyl groups is 1. The topological polar surface area (TPSA) is 141 Å². The quantitative estimate of drug-likeness (QED) is 0.383. The summed E-state index contributed by atoms with van der Waals surface area (Å²) in [5.74, 6) is -0.772. The summed E-state index contributed by atoms with van der Waals surface area (Å²) >= 11 is 16.7. The monoisotopic (exact) mass is 448 g/mol. The Morgan fingerprint density at radius 1 is 1.15 bits per heavy atom. The number of sulfone groups is 1. The van der Waals surface area contributed by atoms with Gasteiger partial charge in [0.25, 0.3) is 11.4 Å². The molecule has 1 aromatic rings. The van der Waals surface area contributed by atoms with Crippen molar-refractivity contribution in [2.75, 3.05) is 5.75 Å². The predicted molar refractivity (Wildman–Crippen MR) is 96.6 cm³/mol. The van der Waals surface area contributed by atoms with Crippen molar-refractivity contribution in [2.24, 2.45) is 5.92 Å². The number of rotatable bonds is 7. The van der Waals surface area contributed by atoms with Gasteiger partial charge >= 0.3 is 0 Å². The van der Waals surface area contributed by atoms with Crippen LogP contribution in [0.25, 0.3) is 0 Å². The normalized spacial score (nSPS) is 13.7. The number of nitro benzene ring substituents is 2. The molecule has 0 saturated carbocycles. The first-order valence-corrected chi connectivity index (χ1v) is 9.88. The maximum absolute atomic E-state index is 12.6. The van der Waals surface area contributed by atoms with Gasteiger partial charge in [0.05, 0.1) is 32.1 Å². The van der Waals surface area contributed by atoms with E-state index < -0.39 is 63.6 Å². The van der Waals surface area contributed by atoms with Gasteiger partial charge in [0.2, 0.25) is 3.79 Å². The van der Waals surface area contributed by atoms with Crippen molar-refractivity contribution in [1.82, 2.24) is 0 Å². The Kier molecular flexibility index (Phi) is 7.22. The molecule has 13 heteroatoms. The Balaban J connectivity index is 3.77. The fourth-order valence-corrected chi connectivity index (χ4v) is 4.36. The van der Waals surface area contributed by atoms with Crippen LogP contribution >= 0.6 is 34.8 Å². The van der Waals surface area contributed by atoms with E-state index in [1.165, 1.54) is 0 Å². The molecule has 1 atom stereocenters. The van der Waals surface area contributed by atoms with E-state index >= 15 is 0 Å². The van der Waals surface area contributed by atoms with Crippen molar-refractivity contribution in [3.63, 3.8) is 0 Å². The lowest BCUT2D eigenvalue weighted by Gasteiger charge is -2.20. The number of halogens is 3. The second-order valence-corrected chi connectivity index (χ2v) is 10.3. The van der Waals surface area contributed by atoms with Crippen molar-refractivity contribution in [2.45, 2.75) is 35.1 Å². The molecule has 0 aliphatic rings. The molecule has 0 amide bonds. The van der Waals surface area contributed by atoms with Crippen molar-refractivity contribution in [3.8, 4) is 0 Å². The summed E-state index contributed by atoms with van der Waals surface area (Å²) in [6.45, 7) is 3.19. The molecular weight excluding hydrogens is 435 g/mol. The van der Waals surface area contributed by atoms with Crippen molar-refractivity contribution >= 4 is 56.0 Å². The van der Waals surface area contributed by atoms with Crippen LogP contribution in [-0.4, -0.2) is 39.0 Å². The van der Waals surface area contributed by atoms with Crippen LogP contribution in [0.1, 0.15) is 19.4 Å². The van der Waals surface area contributed by atoms with E-state index in [1.54, 1.807) is 13.8 Å². The molecule has 0 aromatic heterocycles. The van der Waals surface area contributed by atoms with E-state index in [2.05, 4.69) is 0 Å². The predicted octanol–water partition coefficient (Wildman–Crippen LogP) is 3.21. The Morgan fingerprint density at radius 3 is 2.08 bits per heavy atom. The number of hydrogen-bond acceptors (Lipinski definition) is 7. The second kappa shape index (κ2) is 8.22. The zero-order valence-corrected chi connectivity index (χ0v) is 16.6. The van der Waals surface area contributed by atoms with Crippen LogP contribution in [-0.2, 0) is 16.3 Å². The van der Waals surface area contributed by atoms with E-state index in [1.807, 2.05) is 0 Å². The largest absolute Gasteiger partial charge is 0.388 e. The first-order chi connectivity index (χ1) is 11.7. The minimum absolute atomic E-state index is 0.357. The highest BCUT2D eigenvalue weighted by molar-refractivity contribution is 7.91. The van der Waals surface area contributed by atoms with Crippen molar-refractivity contribution < 1.29 is 23.4 Å². The van der Waals surface area contributed by atoms with Gasteiger partial charge in [-0.05, 0) is 5.92 Å². The van der Waals surface area contributed by atoms with Gasteiger partial charge < -0.3 is 5.11 Å². The van der Waals surface area contributed by atoms with E-state index in [9.17, 15) is 33.8 Å². The van der Waals surface area contributed by atoms with Crippen molar-refractivity contribution in [3.05, 3.63) is 37.9 Å². The highest BCUT2D eigenvalue weighted by Gasteiger charge is 2.37. The standard InChI is InChI=1S/C13H15Cl3N2O7S/c1-7(2)6-26(24,25)11-4-8(17(20)21)3-10(18(22)23)9(11)5-12(19)13(14,15)16/h3-4,7,12,19H,5-6H2,1-2H3. The van der Waals surface area contributed by atoms with Gasteiger partial charge in [0.15, 0.2) is 9.84 Å². The third-order valence-corrected chi connectivity index (χ3v) is 6.14. The minimum Gasteiger partial charge on any atom is -0.388 e. The zero-order chi connectivity index (χ0) is 20.4. The van der Waals surface area contributed by atoms with Crippen LogP contribution < -0.4 is 0 Å². The SMILES string of the molecule is CC(C)CS(=O)(=O)c1cc([N+](=O)[O-])cc([N+](=O)[O-])c1CC(O)C(Cl)(Cl)Cl. The Labute approximate surface area is 164 Å². The number of non-ortho nitro benzene ring substituents is 1. The first-order valence-electron chi connectivity index (χ1n) is 7.10. The number of nitrogens with zero attached hydrogens (tertiary/aromatic N) is 2. The van der Waals surface area contributed by atoms with Crippen LogP contribution in [0.2, 0.25) is 0 Å². The van der Waals surface area contributed by atoms with Gasteiger partial charge in [-0.1, -0.05) is 48.7 Å². The lowest BCUT2D eigenvalue weighted by molar-refractivity contribution is -0.395. The Morgan fingerprint density at radius 2 is 1.69 bits per heavy atom. The summed E-state index contributed by atoms with van der Waals surface area (Å²) < 4.78 is 23.0. The molecule has 146 valence electrons. The van der Waals surface area contributed by atoms with Gasteiger partial charge in [-0.2, -0.15) is 0 Å². The lowest BCUT2D eigenvalue weighted by atomic mass is 10.1. The number of benzene rings is 1. The smallest absolute Gasteiger partial charge is 0.280 e. The lowest BCUT2D eigenvalue weighted by Crippen LogP contribution is -2.29. The molecule has 1 N–H and O–H groups in total. The molecule has 1 aromatic carbocycles. The molecule has 26 heavy (non-hydrogen) atoms. The number of hydrogen-bond donors (Lipinski definition) is 1. The maximum atomic E-state index is 12.6. The van der Waals surface area contributed by atoms with E-state index in [4.69, 9.17) is 34.8 Å². The van der Waals surface area contributed by atoms with Crippen LogP contribution in [0.15, 0.2) is 17.0 Å². The van der Waals surface area contributed by atoms with Gasteiger partial charge in [-0.25, -0.2) is 8.42 Å². The summed E-state index contributed by atoms with van der Waals surface area (Å²) in [4.78, 5) is 19.8. The summed E-state index contributed by atoms with van der Waals surface area (Å²) in [5, 5.41) is 32.3. The molecule has 0 radical (unpaired) electrons. The number of alkyl halides is 3. The third-order valence-electron chi connectivity index (χ3n) is 3.24. The molecular formula is C13H15Cl3N2O7S. The fourth-order valence-electron chi connectivity index (χ4n) is 2.21. The van der Waals surface area contributed by atoms with Gasteiger partial charge in [-0.3, -0.25) is 20.2 Å². The molecule has 0 saturated heterocycles. The molecule has 0 spiro atoms. The number of nitro groups is 2. The van der Waals surface area contributed by atoms with Crippen LogP contribution in [0.5, 0.6) is 0 Å². The molecule has 0 heterocycles. The van der Waals surface area contributed by atoms with E-state index in [-0.39, 0.29) is 5.92 Å². The third kappa shape index (κ3) is 5.65. The summed E-state index contributed by atoms with van der Waals surface area (Å²) in [7, 11) is -4.14. The minimum atomic E-state index is -4.14. The van der Waals surface area contributed by atoms with E-state index in [0.29, 0.717) is 12.1 Å². The summed E-state index contributed by atoms with van der Waals surface area (Å²) in [6, 6.07) is 1.32. The van der Waals surface area contributed by atoms with Crippen LogP contribution in [0.4, 0.5) is 11.4 Å². The number of aliphatic hydroxyl groups excluding tert-OH is 1. The van der Waals surface area contributed by atoms with E-state index in [0.717, 1.165) is 0 Å². The molecule has 0 aliphatic carbocycles. The van der Waals surface area contributed by atoms with Gasteiger partial charge in [-0.15, -0.1) is 0 Å². The molecule has 9 nitrogen and oxygen atoms in total. The van der Waals surface area contributed by atoms with Gasteiger partial charge in [0.1, 0.15) is 6.10 Å². The Bertz CT molecular complexity index is 822. The summed E-state index contributed by atoms with van der Waals surface area (Å²) in [5.41, 5.74) is -2.08. The average Bonchev–Trinajstić information content (AvgIpc) is 2.43. The first kappa shape index (κ1) is 22.8. The molecule has 0 fully saturated rings. The van der Waals surface area contributed by atoms with Crippen molar-refractivity contribution in [1.29, 1.82) is 0 Å². The highest BCUT2D eigenvalue weighted by Crippen LogP contribution is 2.38. The average molecular weight is 450 g/mol. The molecule has 0 bridgehead atoms. The van der Waals surface area contributed by atoms with Crippen LogP contribution in [0.3, 0.4) is 0 Å². The van der Waals surface area contributed by atoms with Crippen LogP contribution in [0, 0.1) is 26.1 Å². The molecule has 0 aliphatic heterocycles. The van der Waals surface area contributed by atoms with Gasteiger partial charge in [0, 0.05) is 12.5 Å². The Hall–Kier alpha value is -1.20. The zero-order valence-electron chi connectivity index (χ0n) is 13.6. The maximum Gasteiger partial charge on any atom is 0.280 e. The fraction of sp³-hybridized carbons (Fsp3) is 0.538. The summed E-state index contributed by atoms with van der Waals surface area (Å²) in [6.07, 6.45) is -2.47. The highest BCUT2D eigenvalue weighted by atomic mass is 35.6.